The van der Waals surface area contributed by atoms with Crippen molar-refractivity contribution in [3.8, 4) is 11.1 Å². The van der Waals surface area contributed by atoms with Crippen LogP contribution in [-0.2, 0) is 18.3 Å². The molecule has 4 heteroatoms. The molecule has 2 nitrogen and oxygen atoms in total. The second-order valence-corrected chi connectivity index (χ2v) is 13.4. The van der Waals surface area contributed by atoms with E-state index in [0.717, 1.165) is 59.8 Å². The Labute approximate surface area is 284 Å². The van der Waals surface area contributed by atoms with Crippen molar-refractivity contribution in [2.75, 3.05) is 22.9 Å². The molecule has 2 aliphatic heterocycles. The molecular formula is C45H32F2N2. The first-order valence-corrected chi connectivity index (χ1v) is 17.1. The van der Waals surface area contributed by atoms with Gasteiger partial charge in [-0.2, -0.15) is 0 Å². The molecule has 0 N–H and O–H groups in total. The smallest absolute Gasteiger partial charge is 0.123 e. The zero-order valence-corrected chi connectivity index (χ0v) is 26.8. The largest absolute Gasteiger partial charge is 0.341 e. The third kappa shape index (κ3) is 4.04. The topological polar surface area (TPSA) is 6.48 Å². The fraction of sp³-hybridized carbons (Fsp3) is 0.111. The van der Waals surface area contributed by atoms with E-state index in [9.17, 15) is 8.78 Å². The van der Waals surface area contributed by atoms with E-state index in [-0.39, 0.29) is 11.6 Å². The maximum atomic E-state index is 14.4. The molecule has 7 aromatic carbocycles. The van der Waals surface area contributed by atoms with E-state index < -0.39 is 5.41 Å². The molecule has 0 atom stereocenters. The van der Waals surface area contributed by atoms with Gasteiger partial charge in [-0.3, -0.25) is 0 Å². The summed E-state index contributed by atoms with van der Waals surface area (Å²) >= 11 is 0. The fourth-order valence-electron chi connectivity index (χ4n) is 8.96. The van der Waals surface area contributed by atoms with Crippen LogP contribution in [0, 0.1) is 11.6 Å². The van der Waals surface area contributed by atoms with E-state index in [1.165, 1.54) is 44.2 Å². The molecule has 2 heterocycles. The average Bonchev–Trinajstić information content (AvgIpc) is 3.84. The molecule has 0 saturated heterocycles. The van der Waals surface area contributed by atoms with Crippen LogP contribution in [0.2, 0.25) is 0 Å². The average molecular weight is 639 g/mol. The van der Waals surface area contributed by atoms with Gasteiger partial charge in [0.15, 0.2) is 0 Å². The summed E-state index contributed by atoms with van der Waals surface area (Å²) in [5, 5.41) is 2.39. The molecule has 0 fully saturated rings. The second-order valence-electron chi connectivity index (χ2n) is 13.4. The summed E-state index contributed by atoms with van der Waals surface area (Å²) in [7, 11) is 0. The zero-order chi connectivity index (χ0) is 32.7. The van der Waals surface area contributed by atoms with Crippen LogP contribution >= 0.6 is 0 Å². The van der Waals surface area contributed by atoms with Gasteiger partial charge in [0.2, 0.25) is 0 Å². The van der Waals surface area contributed by atoms with Gasteiger partial charge in [0, 0.05) is 41.2 Å². The van der Waals surface area contributed by atoms with Crippen molar-refractivity contribution in [2.45, 2.75) is 18.3 Å². The van der Waals surface area contributed by atoms with Crippen LogP contribution in [0.25, 0.3) is 21.9 Å². The van der Waals surface area contributed by atoms with Crippen molar-refractivity contribution < 1.29 is 8.78 Å². The molecule has 3 aliphatic rings. The van der Waals surface area contributed by atoms with E-state index in [0.29, 0.717) is 0 Å². The lowest BCUT2D eigenvalue weighted by Crippen LogP contribution is -2.29. The highest BCUT2D eigenvalue weighted by Crippen LogP contribution is 2.60. The number of hydrogen-bond acceptors (Lipinski definition) is 2. The van der Waals surface area contributed by atoms with Gasteiger partial charge < -0.3 is 9.80 Å². The predicted molar refractivity (Wildman–Crippen MR) is 195 cm³/mol. The van der Waals surface area contributed by atoms with E-state index in [2.05, 4.69) is 119 Å². The van der Waals surface area contributed by atoms with Gasteiger partial charge in [-0.1, -0.05) is 91.0 Å². The Balaban J connectivity index is 1.30. The van der Waals surface area contributed by atoms with E-state index >= 15 is 0 Å². The number of fused-ring (bicyclic) bond motifs is 7. The third-order valence-corrected chi connectivity index (χ3v) is 11.0. The van der Waals surface area contributed by atoms with Crippen LogP contribution in [0.1, 0.15) is 33.4 Å². The highest BCUT2D eigenvalue weighted by atomic mass is 19.1. The Hall–Kier alpha value is -5.74. The molecule has 10 rings (SSSR count). The first kappa shape index (κ1) is 28.3. The molecule has 0 bridgehead atoms. The normalized spacial score (nSPS) is 15.3. The molecule has 0 aromatic heterocycles. The second kappa shape index (κ2) is 10.6. The molecule has 7 aromatic rings. The quantitative estimate of drug-likeness (QED) is 0.189. The molecular weight excluding hydrogens is 607 g/mol. The standard InChI is InChI=1S/C45H32F2N2/c46-33-15-19-41-29(25-33)21-23-48(41)35-17-18-38-39(27-35)45(31-9-3-1-4-10-31,32-11-5-2-6-12-32)40-28-43(36-13-7-8-14-37(36)44(38)40)49-24-22-30-26-34(47)16-20-42(30)49/h1-20,25-28H,21-24H2. The summed E-state index contributed by atoms with van der Waals surface area (Å²) in [6, 6.07) is 50.2. The van der Waals surface area contributed by atoms with Crippen molar-refractivity contribution in [1.29, 1.82) is 0 Å². The maximum Gasteiger partial charge on any atom is 0.123 e. The molecule has 1 aliphatic carbocycles. The predicted octanol–water partition coefficient (Wildman–Crippen LogP) is 10.9. The zero-order valence-electron chi connectivity index (χ0n) is 26.8. The van der Waals surface area contributed by atoms with E-state index in [1.807, 2.05) is 12.1 Å². The Morgan fingerprint density at radius 3 is 1.69 bits per heavy atom. The minimum Gasteiger partial charge on any atom is -0.341 e. The van der Waals surface area contributed by atoms with Crippen LogP contribution < -0.4 is 9.80 Å². The van der Waals surface area contributed by atoms with Crippen molar-refractivity contribution >= 4 is 33.5 Å². The summed E-state index contributed by atoms with van der Waals surface area (Å²) in [6.07, 6.45) is 1.61. The SMILES string of the molecule is Fc1ccc2c(c1)CCN2c1ccc2c(c1)C(c1ccccc1)(c1ccccc1)c1cc(N3CCc4cc(F)ccc43)c3ccccc3c1-2. The van der Waals surface area contributed by atoms with Crippen LogP contribution in [0.15, 0.2) is 146 Å². The van der Waals surface area contributed by atoms with Crippen molar-refractivity contribution in [1.82, 2.24) is 0 Å². The van der Waals surface area contributed by atoms with Gasteiger partial charge >= 0.3 is 0 Å². The van der Waals surface area contributed by atoms with Gasteiger partial charge in [0.25, 0.3) is 0 Å². The van der Waals surface area contributed by atoms with Gasteiger partial charge in [0.1, 0.15) is 11.6 Å². The highest BCUT2D eigenvalue weighted by molar-refractivity contribution is 6.10. The Bertz CT molecular complexity index is 2400. The maximum absolute atomic E-state index is 14.4. The van der Waals surface area contributed by atoms with Crippen LogP contribution in [-0.4, -0.2) is 13.1 Å². The summed E-state index contributed by atoms with van der Waals surface area (Å²) in [4.78, 5) is 4.72. The number of anilines is 4. The van der Waals surface area contributed by atoms with Crippen molar-refractivity contribution in [3.63, 3.8) is 0 Å². The minimum atomic E-state index is -0.612. The monoisotopic (exact) mass is 638 g/mol. The molecule has 0 amide bonds. The molecule has 49 heavy (non-hydrogen) atoms. The fourth-order valence-corrected chi connectivity index (χ4v) is 8.96. The number of halogens is 2. The van der Waals surface area contributed by atoms with Gasteiger partial charge in [-0.05, 0) is 117 Å². The lowest BCUT2D eigenvalue weighted by molar-refractivity contribution is 0.626. The van der Waals surface area contributed by atoms with E-state index in [4.69, 9.17) is 0 Å². The number of hydrogen-bond donors (Lipinski definition) is 0. The van der Waals surface area contributed by atoms with Crippen LogP contribution in [0.5, 0.6) is 0 Å². The molecule has 236 valence electrons. The van der Waals surface area contributed by atoms with Gasteiger partial charge in [0.05, 0.1) is 5.41 Å². The summed E-state index contributed by atoms with van der Waals surface area (Å²) in [5.74, 6) is -0.380. The van der Waals surface area contributed by atoms with E-state index in [1.54, 1.807) is 24.3 Å². The van der Waals surface area contributed by atoms with Gasteiger partial charge in [-0.15, -0.1) is 0 Å². The molecule has 0 saturated carbocycles. The van der Waals surface area contributed by atoms with Crippen molar-refractivity contribution in [3.05, 3.63) is 191 Å². The van der Waals surface area contributed by atoms with Crippen LogP contribution in [0.4, 0.5) is 31.5 Å². The first-order chi connectivity index (χ1) is 24.1. The lowest BCUT2D eigenvalue weighted by Gasteiger charge is -2.35. The first-order valence-electron chi connectivity index (χ1n) is 17.1. The van der Waals surface area contributed by atoms with Gasteiger partial charge in [-0.25, -0.2) is 8.78 Å². The molecule has 0 spiro atoms. The summed E-state index contributed by atoms with van der Waals surface area (Å²) in [6.45, 7) is 1.59. The summed E-state index contributed by atoms with van der Waals surface area (Å²) in [5.41, 5.74) is 13.2. The Morgan fingerprint density at radius 2 is 1.04 bits per heavy atom. The highest BCUT2D eigenvalue weighted by Gasteiger charge is 2.48. The number of benzene rings is 7. The lowest BCUT2D eigenvalue weighted by atomic mass is 9.67. The Morgan fingerprint density at radius 1 is 0.469 bits per heavy atom. The number of nitrogens with zero attached hydrogens (tertiary/aromatic N) is 2. The van der Waals surface area contributed by atoms with Crippen molar-refractivity contribution in [2.24, 2.45) is 0 Å². The summed E-state index contributed by atoms with van der Waals surface area (Å²) < 4.78 is 28.6. The van der Waals surface area contributed by atoms with Crippen LogP contribution in [0.3, 0.4) is 0 Å². The minimum absolute atomic E-state index is 0.189. The third-order valence-electron chi connectivity index (χ3n) is 11.0. The molecule has 0 radical (unpaired) electrons. The molecule has 0 unspecified atom stereocenters. The number of rotatable bonds is 4. The Kier molecular flexibility index (Phi) is 6.14.